The molecule has 21 heavy (non-hydrogen) atoms. The average molecular weight is 290 g/mol. The number of halogens is 2. The predicted molar refractivity (Wildman–Crippen MR) is 80.6 cm³/mol. The van der Waals surface area contributed by atoms with E-state index in [9.17, 15) is 8.63 Å². The Morgan fingerprint density at radius 1 is 1.19 bits per heavy atom. The van der Waals surface area contributed by atoms with Gasteiger partial charge in [-0.25, -0.2) is 4.60 Å². The second kappa shape index (κ2) is 4.41. The molecule has 2 aromatic rings. The molecule has 0 atom stereocenters. The van der Waals surface area contributed by atoms with E-state index < -0.39 is 6.97 Å². The number of nitrogens with zero attached hydrogens (tertiary/aromatic N) is 3. The van der Waals surface area contributed by atoms with Crippen LogP contribution in [-0.2, 0) is 0 Å². The summed E-state index contributed by atoms with van der Waals surface area (Å²) in [5.74, 6) is 0. The van der Waals surface area contributed by atoms with Gasteiger partial charge in [-0.15, -0.1) is 0 Å². The number of H-pyrrole nitrogens is 1. The lowest BCUT2D eigenvalue weighted by atomic mass is 9.95. The van der Waals surface area contributed by atoms with Gasteiger partial charge in [0, 0.05) is 11.4 Å². The molecule has 1 N–H and O–H groups in total. The summed E-state index contributed by atoms with van der Waals surface area (Å²) >= 11 is 0. The molecule has 0 spiro atoms. The number of aryl methyl sites for hydroxylation is 4. The van der Waals surface area contributed by atoms with Gasteiger partial charge in [-0.3, -0.25) is 0 Å². The Bertz CT molecular complexity index is 783. The normalized spacial score (nSPS) is 18.3. The third-order valence-corrected chi connectivity index (χ3v) is 3.86. The largest absolute Gasteiger partial charge is 0.761 e. The van der Waals surface area contributed by atoms with Gasteiger partial charge in [0.25, 0.3) is 0 Å². The smallest absolute Gasteiger partial charge is 0.391 e. The van der Waals surface area contributed by atoms with Crippen molar-refractivity contribution in [3.63, 3.8) is 0 Å². The van der Waals surface area contributed by atoms with Gasteiger partial charge in [0.05, 0.1) is 0 Å². The minimum absolute atomic E-state index is 0.474. The van der Waals surface area contributed by atoms with Crippen LogP contribution in [0.4, 0.5) is 8.63 Å². The lowest BCUT2D eigenvalue weighted by Crippen LogP contribution is -2.49. The van der Waals surface area contributed by atoms with E-state index in [4.69, 9.17) is 0 Å². The van der Waals surface area contributed by atoms with Gasteiger partial charge in [0.1, 0.15) is 11.9 Å². The molecule has 0 aliphatic carbocycles. The molecule has 3 heterocycles. The summed E-state index contributed by atoms with van der Waals surface area (Å²) in [7, 11) is 0. The Balaban J connectivity index is 2.15. The van der Waals surface area contributed by atoms with E-state index in [-0.39, 0.29) is 0 Å². The van der Waals surface area contributed by atoms with Crippen molar-refractivity contribution in [2.75, 3.05) is 0 Å². The van der Waals surface area contributed by atoms with Gasteiger partial charge in [-0.05, 0) is 56.6 Å². The number of fused-ring (bicyclic) bond motifs is 1. The average Bonchev–Trinajstić information content (AvgIpc) is 2.83. The maximum Gasteiger partial charge on any atom is 0.761 e. The number of hydrazone groups is 1. The molecule has 0 radical (unpaired) electrons. The molecule has 1 aliphatic rings. The number of rotatable bonds is 1. The third-order valence-electron chi connectivity index (χ3n) is 3.86. The fourth-order valence-electron chi connectivity index (χ4n) is 2.87. The molecule has 0 unspecified atom stereocenters. The molecule has 3 rings (SSSR count). The number of hydrogen-bond donors (Lipinski definition) is 1. The van der Waals surface area contributed by atoms with Gasteiger partial charge in [0.15, 0.2) is 6.21 Å². The molecule has 0 aromatic carbocycles. The molecular weight excluding hydrogens is 273 g/mol. The second-order valence-electron chi connectivity index (χ2n) is 5.62. The summed E-state index contributed by atoms with van der Waals surface area (Å²) in [6.45, 7) is 3.30. The van der Waals surface area contributed by atoms with Crippen molar-refractivity contribution in [1.82, 2.24) is 9.46 Å². The van der Waals surface area contributed by atoms with Crippen molar-refractivity contribution in [3.05, 3.63) is 46.0 Å². The summed E-state index contributed by atoms with van der Waals surface area (Å²) in [5.41, 5.74) is 4.32. The Morgan fingerprint density at radius 3 is 2.52 bits per heavy atom. The van der Waals surface area contributed by atoms with E-state index in [0.29, 0.717) is 17.1 Å². The highest BCUT2D eigenvalue weighted by Gasteiger charge is 2.49. The van der Waals surface area contributed by atoms with Crippen molar-refractivity contribution in [1.29, 1.82) is 0 Å². The predicted octanol–water partition coefficient (Wildman–Crippen LogP) is 2.75. The number of aromatic amines is 1. The van der Waals surface area contributed by atoms with Crippen LogP contribution in [0.25, 0.3) is 0 Å². The van der Waals surface area contributed by atoms with E-state index >= 15 is 0 Å². The van der Waals surface area contributed by atoms with Crippen molar-refractivity contribution in [3.8, 4) is 0 Å². The van der Waals surface area contributed by atoms with Crippen LogP contribution in [-0.4, -0.2) is 33.5 Å². The summed E-state index contributed by atoms with van der Waals surface area (Å²) in [6.07, 6.45) is 2.86. The van der Waals surface area contributed by atoms with Gasteiger partial charge >= 0.3 is 6.97 Å². The van der Waals surface area contributed by atoms with Gasteiger partial charge in [0.2, 0.25) is 0 Å². The highest BCUT2D eigenvalue weighted by atomic mass is 19.2. The molecule has 0 bridgehead atoms. The minimum Gasteiger partial charge on any atom is -0.391 e. The monoisotopic (exact) mass is 290 g/mol. The quantitative estimate of drug-likeness (QED) is 0.784. The summed E-state index contributed by atoms with van der Waals surface area (Å²) in [6, 6.07) is 3.67. The molecule has 1 aliphatic heterocycles. The van der Waals surface area contributed by atoms with Crippen molar-refractivity contribution < 1.29 is 13.2 Å². The zero-order valence-electron chi connectivity index (χ0n) is 12.5. The highest BCUT2D eigenvalue weighted by molar-refractivity contribution is 6.57. The molecule has 0 saturated carbocycles. The van der Waals surface area contributed by atoms with Crippen LogP contribution >= 0.6 is 0 Å². The lowest BCUT2D eigenvalue weighted by Gasteiger charge is -2.25. The van der Waals surface area contributed by atoms with Gasteiger partial charge < -0.3 is 18.1 Å². The lowest BCUT2D eigenvalue weighted by molar-refractivity contribution is -0.426. The SMILES string of the molecule is Cc1cc(C)c(/C=[N+]2\N=Cc3c(C)cc(C)n3[B-]2(F)F)[nH]1. The van der Waals surface area contributed by atoms with Crippen LogP contribution in [0.2, 0.25) is 0 Å². The summed E-state index contributed by atoms with van der Waals surface area (Å²) < 4.78 is 31.3. The van der Waals surface area contributed by atoms with Crippen molar-refractivity contribution in [2.45, 2.75) is 27.7 Å². The molecule has 110 valence electrons. The zero-order chi connectivity index (χ0) is 15.4. The fraction of sp³-hybridized carbons (Fsp3) is 0.286. The van der Waals surface area contributed by atoms with Crippen LogP contribution in [0.1, 0.15) is 33.9 Å². The molecule has 2 aromatic heterocycles. The van der Waals surface area contributed by atoms with Gasteiger partial charge in [-0.2, -0.15) is 0 Å². The van der Waals surface area contributed by atoms with E-state index in [2.05, 4.69) is 10.1 Å². The zero-order valence-corrected chi connectivity index (χ0v) is 12.5. The Labute approximate surface area is 121 Å². The standard InChI is InChI=1S/C14H17BF2N4/c1-9-5-11(3)19-13(9)8-20-15(16,17)21-12(4)6-10(2)14(21)7-18-20/h5-8,19H,1-4H3/b20-8-. The second-order valence-corrected chi connectivity index (χ2v) is 5.62. The van der Waals surface area contributed by atoms with Crippen LogP contribution < -0.4 is 0 Å². The number of hydrogen-bond acceptors (Lipinski definition) is 1. The molecular formula is C14H17BF2N4. The molecule has 0 fully saturated rings. The van der Waals surface area contributed by atoms with Crippen LogP contribution in [0.15, 0.2) is 17.2 Å². The fourth-order valence-corrected chi connectivity index (χ4v) is 2.87. The van der Waals surface area contributed by atoms with Crippen molar-refractivity contribution >= 4 is 19.4 Å². The Hall–Kier alpha value is -2.18. The Morgan fingerprint density at radius 2 is 1.90 bits per heavy atom. The molecule has 0 saturated heterocycles. The first kappa shape index (κ1) is 13.8. The third kappa shape index (κ3) is 2.04. The summed E-state index contributed by atoms with van der Waals surface area (Å²) in [4.78, 5) is 3.07. The van der Waals surface area contributed by atoms with Crippen LogP contribution in [0, 0.1) is 27.7 Å². The molecule has 0 amide bonds. The van der Waals surface area contributed by atoms with E-state index in [1.54, 1.807) is 13.0 Å². The Kier molecular flexibility index (Phi) is 2.90. The van der Waals surface area contributed by atoms with Crippen LogP contribution in [0.3, 0.4) is 0 Å². The van der Waals surface area contributed by atoms with E-state index in [1.807, 2.05) is 26.8 Å². The van der Waals surface area contributed by atoms with Crippen LogP contribution in [0.5, 0.6) is 0 Å². The maximum absolute atomic E-state index is 14.8. The first-order chi connectivity index (χ1) is 9.80. The first-order valence-electron chi connectivity index (χ1n) is 6.85. The number of aromatic nitrogens is 2. The minimum atomic E-state index is -3.97. The number of nitrogens with one attached hydrogen (secondary N) is 1. The van der Waals surface area contributed by atoms with Crippen molar-refractivity contribution in [2.24, 2.45) is 5.10 Å². The first-order valence-corrected chi connectivity index (χ1v) is 6.85. The highest BCUT2D eigenvalue weighted by Crippen LogP contribution is 2.25. The summed E-state index contributed by atoms with van der Waals surface area (Å²) in [5, 5.41) is 3.93. The molecule has 4 nitrogen and oxygen atoms in total. The van der Waals surface area contributed by atoms with E-state index in [0.717, 1.165) is 25.9 Å². The van der Waals surface area contributed by atoms with Gasteiger partial charge in [-0.1, -0.05) is 5.10 Å². The molecule has 7 heteroatoms. The van der Waals surface area contributed by atoms with E-state index in [1.165, 1.54) is 12.4 Å². The topological polar surface area (TPSA) is 36.1 Å². The maximum atomic E-state index is 14.8.